The predicted octanol–water partition coefficient (Wildman–Crippen LogP) is 5.59. The molecule has 0 unspecified atom stereocenters. The zero-order valence-electron chi connectivity index (χ0n) is 20.4. The third kappa shape index (κ3) is 8.16. The SMILES string of the molecule is O=C(CSc1cccc(NC(=O)/C(=C/c2ccsc2)NC(=O)c2ccccc2)c1)Nc1cccc(C(=O)O)c1. The van der Waals surface area contributed by atoms with Crippen LogP contribution in [0, 0.1) is 0 Å². The lowest BCUT2D eigenvalue weighted by molar-refractivity contribution is -0.114. The van der Waals surface area contributed by atoms with E-state index in [-0.39, 0.29) is 22.9 Å². The Balaban J connectivity index is 1.40. The predicted molar refractivity (Wildman–Crippen MR) is 154 cm³/mol. The van der Waals surface area contributed by atoms with Crippen LogP contribution in [0.3, 0.4) is 0 Å². The van der Waals surface area contributed by atoms with E-state index < -0.39 is 17.8 Å². The van der Waals surface area contributed by atoms with Gasteiger partial charge in [0.2, 0.25) is 5.91 Å². The molecule has 3 amide bonds. The first kappa shape index (κ1) is 27.4. The highest BCUT2D eigenvalue weighted by Crippen LogP contribution is 2.23. The summed E-state index contributed by atoms with van der Waals surface area (Å²) in [5.41, 5.74) is 2.25. The Bertz CT molecular complexity index is 1520. The number of amides is 3. The summed E-state index contributed by atoms with van der Waals surface area (Å²) >= 11 is 2.73. The standard InChI is InChI=1S/C29H23N3O5S2/c33-26(30-22-9-4-8-21(15-22)29(36)37)18-39-24-11-5-10-23(16-24)31-28(35)25(14-19-12-13-38-17-19)32-27(34)20-6-2-1-3-7-20/h1-17H,18H2,(H,30,33)(H,31,35)(H,32,34)(H,36,37)/b25-14-. The molecule has 0 bridgehead atoms. The van der Waals surface area contributed by atoms with Crippen molar-refractivity contribution in [3.8, 4) is 0 Å². The van der Waals surface area contributed by atoms with Crippen molar-refractivity contribution in [2.75, 3.05) is 16.4 Å². The summed E-state index contributed by atoms with van der Waals surface area (Å²) in [5.74, 6) is -2.21. The average molecular weight is 558 g/mol. The quantitative estimate of drug-likeness (QED) is 0.149. The van der Waals surface area contributed by atoms with Gasteiger partial charge in [-0.15, -0.1) is 11.8 Å². The molecule has 39 heavy (non-hydrogen) atoms. The molecule has 0 aliphatic rings. The number of anilines is 2. The molecule has 0 saturated heterocycles. The van der Waals surface area contributed by atoms with Gasteiger partial charge in [0, 0.05) is 21.8 Å². The first-order chi connectivity index (χ1) is 18.9. The van der Waals surface area contributed by atoms with Crippen LogP contribution in [-0.2, 0) is 9.59 Å². The Morgan fingerprint density at radius 3 is 2.26 bits per heavy atom. The van der Waals surface area contributed by atoms with Gasteiger partial charge in [-0.3, -0.25) is 14.4 Å². The number of carbonyl (C=O) groups is 4. The molecule has 3 aromatic carbocycles. The molecule has 0 fully saturated rings. The van der Waals surface area contributed by atoms with E-state index in [4.69, 9.17) is 5.11 Å². The Morgan fingerprint density at radius 1 is 0.821 bits per heavy atom. The van der Waals surface area contributed by atoms with Gasteiger partial charge in [-0.2, -0.15) is 11.3 Å². The number of hydrogen-bond donors (Lipinski definition) is 4. The molecule has 0 aliphatic carbocycles. The summed E-state index contributed by atoms with van der Waals surface area (Å²) in [7, 11) is 0. The van der Waals surface area contributed by atoms with E-state index in [9.17, 15) is 19.2 Å². The van der Waals surface area contributed by atoms with E-state index in [2.05, 4.69) is 16.0 Å². The first-order valence-corrected chi connectivity index (χ1v) is 13.6. The van der Waals surface area contributed by atoms with Crippen LogP contribution in [0.2, 0.25) is 0 Å². The van der Waals surface area contributed by atoms with Gasteiger partial charge in [-0.1, -0.05) is 30.3 Å². The van der Waals surface area contributed by atoms with Crippen LogP contribution in [0.4, 0.5) is 11.4 Å². The molecule has 0 radical (unpaired) electrons. The van der Waals surface area contributed by atoms with Crippen LogP contribution >= 0.6 is 23.1 Å². The van der Waals surface area contributed by atoms with Crippen LogP contribution in [0.5, 0.6) is 0 Å². The minimum absolute atomic E-state index is 0.0745. The van der Waals surface area contributed by atoms with Crippen LogP contribution in [0.25, 0.3) is 6.08 Å². The van der Waals surface area contributed by atoms with Crippen LogP contribution < -0.4 is 16.0 Å². The summed E-state index contributed by atoms with van der Waals surface area (Å²) in [5, 5.41) is 21.0. The molecule has 4 aromatic rings. The lowest BCUT2D eigenvalue weighted by atomic mass is 10.2. The van der Waals surface area contributed by atoms with Crippen molar-refractivity contribution in [2.24, 2.45) is 0 Å². The van der Waals surface area contributed by atoms with Crippen molar-refractivity contribution in [3.63, 3.8) is 0 Å². The van der Waals surface area contributed by atoms with Crippen LogP contribution in [0.15, 0.2) is 106 Å². The second-order valence-electron chi connectivity index (χ2n) is 8.14. The molecule has 4 N–H and O–H groups in total. The highest BCUT2D eigenvalue weighted by atomic mass is 32.2. The summed E-state index contributed by atoms with van der Waals surface area (Å²) in [6.07, 6.45) is 1.61. The molecule has 1 heterocycles. The fourth-order valence-corrected chi connectivity index (χ4v) is 4.78. The van der Waals surface area contributed by atoms with E-state index >= 15 is 0 Å². The average Bonchev–Trinajstić information content (AvgIpc) is 3.45. The van der Waals surface area contributed by atoms with Gasteiger partial charge in [0.05, 0.1) is 11.3 Å². The molecular weight excluding hydrogens is 534 g/mol. The van der Waals surface area contributed by atoms with Crippen molar-refractivity contribution in [1.82, 2.24) is 5.32 Å². The number of aromatic carboxylic acids is 1. The minimum Gasteiger partial charge on any atom is -0.478 e. The monoisotopic (exact) mass is 557 g/mol. The van der Waals surface area contributed by atoms with Crippen molar-refractivity contribution < 1.29 is 24.3 Å². The Kier molecular flexibility index (Phi) is 9.28. The Hall–Kier alpha value is -4.67. The normalized spacial score (nSPS) is 10.9. The number of benzene rings is 3. The number of rotatable bonds is 10. The third-order valence-electron chi connectivity index (χ3n) is 5.24. The molecular formula is C29H23N3O5S2. The molecule has 196 valence electrons. The van der Waals surface area contributed by atoms with Crippen LogP contribution in [-0.4, -0.2) is 34.6 Å². The summed E-state index contributed by atoms with van der Waals surface area (Å²) in [6, 6.07) is 23.4. The molecule has 0 spiro atoms. The van der Waals surface area contributed by atoms with Gasteiger partial charge >= 0.3 is 5.97 Å². The lowest BCUT2D eigenvalue weighted by Crippen LogP contribution is -2.30. The van der Waals surface area contributed by atoms with Crippen molar-refractivity contribution in [1.29, 1.82) is 0 Å². The summed E-state index contributed by atoms with van der Waals surface area (Å²) in [6.45, 7) is 0. The minimum atomic E-state index is -1.08. The van der Waals surface area contributed by atoms with Crippen molar-refractivity contribution in [3.05, 3.63) is 118 Å². The molecule has 10 heteroatoms. The van der Waals surface area contributed by atoms with E-state index in [0.29, 0.717) is 16.9 Å². The number of carboxylic acids is 1. The first-order valence-electron chi connectivity index (χ1n) is 11.6. The van der Waals surface area contributed by atoms with Gasteiger partial charge in [-0.05, 0) is 77.0 Å². The summed E-state index contributed by atoms with van der Waals surface area (Å²) < 4.78 is 0. The second-order valence-corrected chi connectivity index (χ2v) is 9.97. The highest BCUT2D eigenvalue weighted by Gasteiger charge is 2.16. The molecule has 0 atom stereocenters. The maximum atomic E-state index is 13.2. The molecule has 4 rings (SSSR count). The third-order valence-corrected chi connectivity index (χ3v) is 6.93. The molecule has 0 saturated carbocycles. The van der Waals surface area contributed by atoms with E-state index in [1.165, 1.54) is 35.2 Å². The maximum Gasteiger partial charge on any atom is 0.335 e. The summed E-state index contributed by atoms with van der Waals surface area (Å²) in [4.78, 5) is 50.1. The highest BCUT2D eigenvalue weighted by molar-refractivity contribution is 8.00. The lowest BCUT2D eigenvalue weighted by Gasteiger charge is -2.12. The second kappa shape index (κ2) is 13.2. The number of carboxylic acid groups (broad SMARTS) is 1. The van der Waals surface area contributed by atoms with E-state index in [1.807, 2.05) is 16.8 Å². The Labute approximate surface area is 232 Å². The zero-order valence-corrected chi connectivity index (χ0v) is 22.1. The van der Waals surface area contributed by atoms with Crippen molar-refractivity contribution in [2.45, 2.75) is 4.90 Å². The van der Waals surface area contributed by atoms with E-state index in [0.717, 1.165) is 10.5 Å². The molecule has 1 aromatic heterocycles. The van der Waals surface area contributed by atoms with Crippen molar-refractivity contribution >= 4 is 64.2 Å². The fourth-order valence-electron chi connectivity index (χ4n) is 3.40. The topological polar surface area (TPSA) is 125 Å². The number of thiophene rings is 1. The molecule has 8 nitrogen and oxygen atoms in total. The molecule has 0 aliphatic heterocycles. The number of thioether (sulfide) groups is 1. The fraction of sp³-hybridized carbons (Fsp3) is 0.0345. The zero-order chi connectivity index (χ0) is 27.6. The van der Waals surface area contributed by atoms with Gasteiger partial charge < -0.3 is 21.1 Å². The van der Waals surface area contributed by atoms with Gasteiger partial charge in [0.25, 0.3) is 11.8 Å². The van der Waals surface area contributed by atoms with Gasteiger partial charge in [0.1, 0.15) is 5.70 Å². The Morgan fingerprint density at radius 2 is 1.54 bits per heavy atom. The smallest absolute Gasteiger partial charge is 0.335 e. The number of nitrogens with one attached hydrogen (secondary N) is 3. The number of carbonyl (C=O) groups excluding carboxylic acids is 3. The number of hydrogen-bond acceptors (Lipinski definition) is 6. The largest absolute Gasteiger partial charge is 0.478 e. The van der Waals surface area contributed by atoms with Crippen LogP contribution in [0.1, 0.15) is 26.3 Å². The van der Waals surface area contributed by atoms with E-state index in [1.54, 1.807) is 72.8 Å². The van der Waals surface area contributed by atoms with Gasteiger partial charge in [-0.25, -0.2) is 4.79 Å². The maximum absolute atomic E-state index is 13.2. The van der Waals surface area contributed by atoms with Gasteiger partial charge in [0.15, 0.2) is 0 Å².